The Hall–Kier alpha value is -0.900. The molecule has 0 bridgehead atoms. The third-order valence-electron chi connectivity index (χ3n) is 3.33. The zero-order valence-corrected chi connectivity index (χ0v) is 10.9. The monoisotopic (exact) mass is 238 g/mol. The van der Waals surface area contributed by atoms with Crippen LogP contribution in [0.4, 0.5) is 0 Å². The highest BCUT2D eigenvalue weighted by Crippen LogP contribution is 2.35. The molecule has 0 heterocycles. The Morgan fingerprint density at radius 1 is 0.824 bits per heavy atom. The molecule has 0 unspecified atom stereocenters. The molecule has 0 atom stereocenters. The minimum Gasteiger partial charge on any atom is -0.387 e. The number of aliphatic hydroxyl groups is 3. The topological polar surface area (TPSA) is 60.7 Å². The van der Waals surface area contributed by atoms with Gasteiger partial charge in [-0.05, 0) is 33.3 Å². The maximum atomic E-state index is 10.6. The van der Waals surface area contributed by atoms with Crippen molar-refractivity contribution in [3.8, 4) is 0 Å². The van der Waals surface area contributed by atoms with E-state index in [-0.39, 0.29) is 6.42 Å². The Bertz CT molecular complexity index is 343. The SMILES string of the molecule is CC(C)(O)C(O)(Cc1ccccc1)C(C)(C)O. The molecule has 3 N–H and O–H groups in total. The van der Waals surface area contributed by atoms with Crippen molar-refractivity contribution in [2.24, 2.45) is 0 Å². The largest absolute Gasteiger partial charge is 0.387 e. The van der Waals surface area contributed by atoms with Crippen molar-refractivity contribution in [1.82, 2.24) is 0 Å². The molecule has 0 aromatic heterocycles. The van der Waals surface area contributed by atoms with Gasteiger partial charge in [0.1, 0.15) is 5.60 Å². The van der Waals surface area contributed by atoms with Gasteiger partial charge in [-0.2, -0.15) is 0 Å². The summed E-state index contributed by atoms with van der Waals surface area (Å²) in [5.74, 6) is 0. The van der Waals surface area contributed by atoms with Gasteiger partial charge >= 0.3 is 0 Å². The van der Waals surface area contributed by atoms with Crippen LogP contribution in [0, 0.1) is 0 Å². The zero-order valence-electron chi connectivity index (χ0n) is 10.9. The fraction of sp³-hybridized carbons (Fsp3) is 0.571. The van der Waals surface area contributed by atoms with Gasteiger partial charge < -0.3 is 15.3 Å². The summed E-state index contributed by atoms with van der Waals surface area (Å²) < 4.78 is 0. The Balaban J connectivity index is 3.11. The highest BCUT2D eigenvalue weighted by Gasteiger charge is 2.52. The molecule has 3 heteroatoms. The molecule has 1 aromatic carbocycles. The maximum Gasteiger partial charge on any atom is 0.125 e. The summed E-state index contributed by atoms with van der Waals surface area (Å²) in [6.45, 7) is 6.03. The van der Waals surface area contributed by atoms with Crippen molar-refractivity contribution in [3.63, 3.8) is 0 Å². The third-order valence-corrected chi connectivity index (χ3v) is 3.33. The maximum absolute atomic E-state index is 10.6. The van der Waals surface area contributed by atoms with E-state index in [0.29, 0.717) is 0 Å². The van der Waals surface area contributed by atoms with E-state index in [9.17, 15) is 15.3 Å². The first-order valence-electron chi connectivity index (χ1n) is 5.79. The molecule has 3 nitrogen and oxygen atoms in total. The summed E-state index contributed by atoms with van der Waals surface area (Å²) in [5, 5.41) is 30.9. The van der Waals surface area contributed by atoms with Crippen molar-refractivity contribution in [3.05, 3.63) is 35.9 Å². The van der Waals surface area contributed by atoms with E-state index in [4.69, 9.17) is 0 Å². The third kappa shape index (κ3) is 2.86. The van der Waals surface area contributed by atoms with Gasteiger partial charge in [-0.3, -0.25) is 0 Å². The predicted octanol–water partition coefficient (Wildman–Crippen LogP) is 1.50. The lowest BCUT2D eigenvalue weighted by atomic mass is 9.70. The standard InChI is InChI=1S/C14H22O3/c1-12(2,15)14(17,13(3,4)16)10-11-8-6-5-7-9-11/h5-9,15-17H,10H2,1-4H3. The van der Waals surface area contributed by atoms with Crippen molar-refractivity contribution in [1.29, 1.82) is 0 Å². The molecule has 17 heavy (non-hydrogen) atoms. The molecular formula is C14H22O3. The molecule has 96 valence electrons. The molecule has 0 aliphatic rings. The molecule has 0 spiro atoms. The van der Waals surface area contributed by atoms with E-state index < -0.39 is 16.8 Å². The molecule has 0 amide bonds. The van der Waals surface area contributed by atoms with E-state index in [0.717, 1.165) is 5.56 Å². The minimum absolute atomic E-state index is 0.195. The van der Waals surface area contributed by atoms with Gasteiger partial charge in [0.15, 0.2) is 0 Å². The zero-order chi connectivity index (χ0) is 13.3. The van der Waals surface area contributed by atoms with Gasteiger partial charge in [0.2, 0.25) is 0 Å². The van der Waals surface area contributed by atoms with Crippen LogP contribution in [0.3, 0.4) is 0 Å². The van der Waals surface area contributed by atoms with Crippen molar-refractivity contribution in [2.45, 2.75) is 50.9 Å². The first kappa shape index (κ1) is 14.2. The lowest BCUT2D eigenvalue weighted by Crippen LogP contribution is -2.64. The van der Waals surface area contributed by atoms with E-state index in [1.807, 2.05) is 30.3 Å². The number of hydrogen-bond donors (Lipinski definition) is 3. The lowest BCUT2D eigenvalue weighted by molar-refractivity contribution is -0.221. The average molecular weight is 238 g/mol. The second-order valence-electron chi connectivity index (χ2n) is 5.64. The van der Waals surface area contributed by atoms with Gasteiger partial charge in [0.05, 0.1) is 11.2 Å². The van der Waals surface area contributed by atoms with Crippen LogP contribution >= 0.6 is 0 Å². The van der Waals surface area contributed by atoms with Gasteiger partial charge in [-0.15, -0.1) is 0 Å². The summed E-state index contributed by atoms with van der Waals surface area (Å²) in [7, 11) is 0. The summed E-state index contributed by atoms with van der Waals surface area (Å²) in [4.78, 5) is 0. The predicted molar refractivity (Wildman–Crippen MR) is 67.7 cm³/mol. The highest BCUT2D eigenvalue weighted by molar-refractivity contribution is 5.21. The second kappa shape index (κ2) is 4.41. The van der Waals surface area contributed by atoms with Crippen LogP contribution in [0.5, 0.6) is 0 Å². The molecule has 0 fully saturated rings. The second-order valence-corrected chi connectivity index (χ2v) is 5.64. The van der Waals surface area contributed by atoms with Crippen LogP contribution in [0.1, 0.15) is 33.3 Å². The van der Waals surface area contributed by atoms with Crippen LogP contribution in [0.25, 0.3) is 0 Å². The molecule has 0 radical (unpaired) electrons. The Labute approximate surface area is 103 Å². The average Bonchev–Trinajstić information content (AvgIpc) is 2.15. The van der Waals surface area contributed by atoms with E-state index in [1.165, 1.54) is 27.7 Å². The molecule has 1 aromatic rings. The van der Waals surface area contributed by atoms with Gasteiger partial charge in [-0.25, -0.2) is 0 Å². The van der Waals surface area contributed by atoms with Crippen LogP contribution in [-0.4, -0.2) is 32.1 Å². The number of benzene rings is 1. The lowest BCUT2D eigenvalue weighted by Gasteiger charge is -2.47. The van der Waals surface area contributed by atoms with Crippen molar-refractivity contribution < 1.29 is 15.3 Å². The summed E-state index contributed by atoms with van der Waals surface area (Å²) >= 11 is 0. The van der Waals surface area contributed by atoms with E-state index in [2.05, 4.69) is 0 Å². The van der Waals surface area contributed by atoms with Crippen LogP contribution < -0.4 is 0 Å². The van der Waals surface area contributed by atoms with Crippen molar-refractivity contribution >= 4 is 0 Å². The van der Waals surface area contributed by atoms with Gasteiger partial charge in [0, 0.05) is 6.42 Å². The minimum atomic E-state index is -1.61. The molecule has 1 rings (SSSR count). The Morgan fingerprint density at radius 2 is 1.24 bits per heavy atom. The fourth-order valence-corrected chi connectivity index (χ4v) is 2.07. The Kier molecular flexibility index (Phi) is 3.67. The summed E-state index contributed by atoms with van der Waals surface area (Å²) in [6, 6.07) is 9.34. The first-order chi connectivity index (χ1) is 7.58. The van der Waals surface area contributed by atoms with Gasteiger partial charge in [-0.1, -0.05) is 30.3 Å². The number of rotatable bonds is 4. The molecule has 0 saturated carbocycles. The smallest absolute Gasteiger partial charge is 0.125 e. The highest BCUT2D eigenvalue weighted by atomic mass is 16.4. The fourth-order valence-electron chi connectivity index (χ4n) is 2.07. The van der Waals surface area contributed by atoms with Crippen LogP contribution in [0.15, 0.2) is 30.3 Å². The summed E-state index contributed by atoms with van der Waals surface area (Å²) in [5.41, 5.74) is -3.54. The molecule has 0 aliphatic carbocycles. The molecule has 0 aliphatic heterocycles. The molecular weight excluding hydrogens is 216 g/mol. The van der Waals surface area contributed by atoms with Crippen LogP contribution in [-0.2, 0) is 6.42 Å². The normalized spacial score (nSPS) is 13.8. The Morgan fingerprint density at radius 3 is 1.59 bits per heavy atom. The first-order valence-corrected chi connectivity index (χ1v) is 5.79. The summed E-state index contributed by atoms with van der Waals surface area (Å²) in [6.07, 6.45) is 0.195. The quantitative estimate of drug-likeness (QED) is 0.745. The van der Waals surface area contributed by atoms with Crippen LogP contribution in [0.2, 0.25) is 0 Å². The molecule has 0 saturated heterocycles. The van der Waals surface area contributed by atoms with E-state index in [1.54, 1.807) is 0 Å². The van der Waals surface area contributed by atoms with E-state index >= 15 is 0 Å². The number of hydrogen-bond acceptors (Lipinski definition) is 3. The van der Waals surface area contributed by atoms with Crippen molar-refractivity contribution in [2.75, 3.05) is 0 Å². The van der Waals surface area contributed by atoms with Gasteiger partial charge in [0.25, 0.3) is 0 Å².